The number of aromatic nitrogens is 1. The molecule has 0 saturated heterocycles. The number of nitrogens with two attached hydrogens (primary N) is 1. The van der Waals surface area contributed by atoms with Gasteiger partial charge in [-0.1, -0.05) is 54.1 Å². The third-order valence-electron chi connectivity index (χ3n) is 3.77. The van der Waals surface area contributed by atoms with Gasteiger partial charge in [0.2, 0.25) is 5.91 Å². The first-order chi connectivity index (χ1) is 12.5. The average molecular weight is 386 g/mol. The van der Waals surface area contributed by atoms with Crippen LogP contribution in [0.4, 0.5) is 0 Å². The van der Waals surface area contributed by atoms with Gasteiger partial charge in [0.15, 0.2) is 0 Å². The number of carbonyl (C=O) groups is 2. The first-order valence-corrected chi connectivity index (χ1v) is 9.03. The Labute approximate surface area is 159 Å². The quantitative estimate of drug-likeness (QED) is 0.701. The van der Waals surface area contributed by atoms with E-state index in [-0.39, 0.29) is 5.91 Å². The number of benzene rings is 2. The minimum atomic E-state index is -0.903. The molecule has 0 fully saturated rings. The maximum Gasteiger partial charge on any atom is 0.264 e. The van der Waals surface area contributed by atoms with E-state index in [1.54, 1.807) is 43.3 Å². The molecule has 0 radical (unpaired) electrons. The van der Waals surface area contributed by atoms with E-state index in [0.717, 1.165) is 5.56 Å². The summed E-state index contributed by atoms with van der Waals surface area (Å²) >= 11 is 7.27. The van der Waals surface area contributed by atoms with Gasteiger partial charge in [0, 0.05) is 10.6 Å². The Bertz CT molecular complexity index is 956. The summed E-state index contributed by atoms with van der Waals surface area (Å²) in [7, 11) is 0. The highest BCUT2D eigenvalue weighted by atomic mass is 35.5. The number of nitrogens with zero attached hydrogens (tertiary/aromatic N) is 1. The Balaban J connectivity index is 1.87. The van der Waals surface area contributed by atoms with Gasteiger partial charge in [-0.3, -0.25) is 9.59 Å². The summed E-state index contributed by atoms with van der Waals surface area (Å²) in [6, 6.07) is 15.2. The van der Waals surface area contributed by atoms with Crippen molar-refractivity contribution in [1.82, 2.24) is 10.3 Å². The summed E-state index contributed by atoms with van der Waals surface area (Å²) in [6.45, 7) is 1.75. The second kappa shape index (κ2) is 7.68. The molecule has 0 saturated carbocycles. The van der Waals surface area contributed by atoms with Crippen LogP contribution in [0.2, 0.25) is 5.02 Å². The summed E-state index contributed by atoms with van der Waals surface area (Å²) in [6.07, 6.45) is 0. The van der Waals surface area contributed by atoms with Crippen LogP contribution in [0, 0.1) is 6.92 Å². The maximum absolute atomic E-state index is 12.7. The Morgan fingerprint density at radius 3 is 2.54 bits per heavy atom. The highest BCUT2D eigenvalue weighted by Crippen LogP contribution is 2.29. The van der Waals surface area contributed by atoms with Crippen LogP contribution in [-0.4, -0.2) is 16.8 Å². The first-order valence-electron chi connectivity index (χ1n) is 7.84. The highest BCUT2D eigenvalue weighted by molar-refractivity contribution is 7.17. The van der Waals surface area contributed by atoms with Gasteiger partial charge in [-0.05, 0) is 24.6 Å². The fourth-order valence-electron chi connectivity index (χ4n) is 2.51. The molecule has 1 atom stereocenters. The summed E-state index contributed by atoms with van der Waals surface area (Å²) in [4.78, 5) is 29.4. The van der Waals surface area contributed by atoms with E-state index >= 15 is 0 Å². The number of carbonyl (C=O) groups excluding carboxylic acids is 2. The second-order valence-corrected chi connectivity index (χ2v) is 7.10. The molecule has 0 aliphatic rings. The Hall–Kier alpha value is -2.70. The molecule has 26 heavy (non-hydrogen) atoms. The summed E-state index contributed by atoms with van der Waals surface area (Å²) < 4.78 is 0. The molecule has 3 rings (SSSR count). The predicted octanol–water partition coefficient (Wildman–Crippen LogP) is 3.73. The lowest BCUT2D eigenvalue weighted by Gasteiger charge is -2.15. The fraction of sp³-hybridized carbons (Fsp3) is 0.105. The van der Waals surface area contributed by atoms with Crippen molar-refractivity contribution in [2.45, 2.75) is 13.0 Å². The Morgan fingerprint density at radius 2 is 1.88 bits per heavy atom. The molecule has 3 aromatic rings. The summed E-state index contributed by atoms with van der Waals surface area (Å²) in [5.74, 6) is -1.01. The summed E-state index contributed by atoms with van der Waals surface area (Å²) in [5.41, 5.74) is 7.51. The SMILES string of the molecule is Cc1nc(-c2cccc(Cl)c2)sc1C(=O)NC(C(N)=O)c1ccccc1. The van der Waals surface area contributed by atoms with E-state index in [1.807, 2.05) is 18.2 Å². The molecule has 5 nitrogen and oxygen atoms in total. The molecule has 132 valence electrons. The lowest BCUT2D eigenvalue weighted by molar-refractivity contribution is -0.120. The van der Waals surface area contributed by atoms with Crippen molar-refractivity contribution < 1.29 is 9.59 Å². The number of rotatable bonds is 5. The normalized spacial score (nSPS) is 11.8. The van der Waals surface area contributed by atoms with Gasteiger partial charge in [-0.25, -0.2) is 4.98 Å². The molecule has 1 unspecified atom stereocenters. The number of thiazole rings is 1. The maximum atomic E-state index is 12.7. The number of hydrogen-bond acceptors (Lipinski definition) is 4. The molecule has 1 heterocycles. The molecule has 3 N–H and O–H groups in total. The number of aryl methyl sites for hydroxylation is 1. The van der Waals surface area contributed by atoms with Crippen molar-refractivity contribution in [2.75, 3.05) is 0 Å². The van der Waals surface area contributed by atoms with Crippen molar-refractivity contribution in [3.05, 3.63) is 75.8 Å². The molecular weight excluding hydrogens is 370 g/mol. The van der Waals surface area contributed by atoms with E-state index in [2.05, 4.69) is 10.3 Å². The van der Waals surface area contributed by atoms with E-state index in [9.17, 15) is 9.59 Å². The lowest BCUT2D eigenvalue weighted by Crippen LogP contribution is -2.37. The smallest absolute Gasteiger partial charge is 0.264 e. The number of halogens is 1. The van der Waals surface area contributed by atoms with Crippen LogP contribution >= 0.6 is 22.9 Å². The van der Waals surface area contributed by atoms with E-state index in [1.165, 1.54) is 11.3 Å². The molecule has 0 aliphatic heterocycles. The standard InChI is InChI=1S/C19H16ClN3O2S/c1-11-16(26-19(22-11)13-8-5-9-14(20)10-13)18(25)23-15(17(21)24)12-6-3-2-4-7-12/h2-10,15H,1H3,(H2,21,24)(H,23,25). The zero-order chi connectivity index (χ0) is 18.7. The van der Waals surface area contributed by atoms with Gasteiger partial charge in [-0.2, -0.15) is 0 Å². The minimum absolute atomic E-state index is 0.388. The third-order valence-corrected chi connectivity index (χ3v) is 5.21. The minimum Gasteiger partial charge on any atom is -0.368 e. The molecule has 1 aromatic heterocycles. The van der Waals surface area contributed by atoms with E-state index in [0.29, 0.717) is 26.2 Å². The van der Waals surface area contributed by atoms with Crippen LogP contribution < -0.4 is 11.1 Å². The van der Waals surface area contributed by atoms with Crippen LogP contribution in [-0.2, 0) is 4.79 Å². The number of hydrogen-bond donors (Lipinski definition) is 2. The predicted molar refractivity (Wildman–Crippen MR) is 103 cm³/mol. The van der Waals surface area contributed by atoms with Gasteiger partial charge in [0.25, 0.3) is 5.91 Å². The molecule has 0 spiro atoms. The average Bonchev–Trinajstić information content (AvgIpc) is 3.02. The van der Waals surface area contributed by atoms with E-state index in [4.69, 9.17) is 17.3 Å². The fourth-order valence-corrected chi connectivity index (χ4v) is 3.67. The molecule has 0 aliphatic carbocycles. The number of amides is 2. The van der Waals surface area contributed by atoms with Gasteiger partial charge in [0.05, 0.1) is 5.69 Å². The van der Waals surface area contributed by atoms with Gasteiger partial charge in [-0.15, -0.1) is 11.3 Å². The topological polar surface area (TPSA) is 85.1 Å². The molecule has 2 aromatic carbocycles. The van der Waals surface area contributed by atoms with Crippen LogP contribution in [0.3, 0.4) is 0 Å². The van der Waals surface area contributed by atoms with Crippen molar-refractivity contribution in [1.29, 1.82) is 0 Å². The molecule has 7 heteroatoms. The Kier molecular flexibility index (Phi) is 5.35. The van der Waals surface area contributed by atoms with Crippen molar-refractivity contribution >= 4 is 34.8 Å². The van der Waals surface area contributed by atoms with Crippen LogP contribution in [0.15, 0.2) is 54.6 Å². The number of nitrogens with one attached hydrogen (secondary N) is 1. The zero-order valence-electron chi connectivity index (χ0n) is 13.9. The first kappa shape index (κ1) is 18.1. The van der Waals surface area contributed by atoms with Crippen molar-refractivity contribution in [3.63, 3.8) is 0 Å². The second-order valence-electron chi connectivity index (χ2n) is 5.66. The molecular formula is C19H16ClN3O2S. The highest BCUT2D eigenvalue weighted by Gasteiger charge is 2.23. The zero-order valence-corrected chi connectivity index (χ0v) is 15.5. The van der Waals surface area contributed by atoms with Crippen LogP contribution in [0.5, 0.6) is 0 Å². The van der Waals surface area contributed by atoms with Crippen LogP contribution in [0.1, 0.15) is 27.0 Å². The molecule has 2 amide bonds. The third kappa shape index (κ3) is 3.92. The van der Waals surface area contributed by atoms with E-state index < -0.39 is 11.9 Å². The molecule has 0 bridgehead atoms. The largest absolute Gasteiger partial charge is 0.368 e. The van der Waals surface area contributed by atoms with Crippen molar-refractivity contribution in [3.8, 4) is 10.6 Å². The van der Waals surface area contributed by atoms with Gasteiger partial charge in [0.1, 0.15) is 15.9 Å². The van der Waals surface area contributed by atoms with Crippen molar-refractivity contribution in [2.24, 2.45) is 5.73 Å². The van der Waals surface area contributed by atoms with Crippen LogP contribution in [0.25, 0.3) is 10.6 Å². The summed E-state index contributed by atoms with van der Waals surface area (Å²) in [5, 5.41) is 3.98. The van der Waals surface area contributed by atoms with Gasteiger partial charge < -0.3 is 11.1 Å². The lowest BCUT2D eigenvalue weighted by atomic mass is 10.1. The Morgan fingerprint density at radius 1 is 1.15 bits per heavy atom. The van der Waals surface area contributed by atoms with Gasteiger partial charge >= 0.3 is 0 Å². The monoisotopic (exact) mass is 385 g/mol. The number of primary amides is 1.